The SMILES string of the molecule is COC(=O)Oc1[nH]c(=O)c(C#N)cc1-c1ccc(OC)cc1OC. The Morgan fingerprint density at radius 3 is 2.46 bits per heavy atom. The van der Waals surface area contributed by atoms with Crippen LogP contribution in [0.4, 0.5) is 4.79 Å². The first-order chi connectivity index (χ1) is 11.5. The van der Waals surface area contributed by atoms with E-state index < -0.39 is 11.7 Å². The molecule has 0 aliphatic carbocycles. The number of ether oxygens (including phenoxy) is 4. The normalized spacial score (nSPS) is 9.75. The maximum atomic E-state index is 11.8. The third kappa shape index (κ3) is 3.30. The summed E-state index contributed by atoms with van der Waals surface area (Å²) >= 11 is 0. The molecule has 0 bridgehead atoms. The summed E-state index contributed by atoms with van der Waals surface area (Å²) in [5, 5.41) is 9.06. The standard InChI is InChI=1S/C16H14N2O6/c1-21-10-4-5-11(13(7-10)22-2)12-6-9(8-17)14(19)18-15(12)24-16(20)23-3/h4-7H,1-3H3,(H,18,19). The Balaban J connectivity index is 2.70. The Kier molecular flexibility index (Phi) is 5.06. The van der Waals surface area contributed by atoms with Gasteiger partial charge in [-0.05, 0) is 18.2 Å². The number of carbonyl (C=O) groups excluding carboxylic acids is 1. The number of methoxy groups -OCH3 is 3. The zero-order chi connectivity index (χ0) is 17.7. The predicted octanol–water partition coefficient (Wildman–Crippen LogP) is 2.08. The van der Waals surface area contributed by atoms with E-state index in [1.807, 2.05) is 0 Å². The number of nitrogens with one attached hydrogen (secondary N) is 1. The molecule has 0 aliphatic heterocycles. The Morgan fingerprint density at radius 2 is 1.88 bits per heavy atom. The lowest BCUT2D eigenvalue weighted by Crippen LogP contribution is -2.16. The fourth-order valence-electron chi connectivity index (χ4n) is 2.02. The molecule has 2 rings (SSSR count). The molecule has 124 valence electrons. The molecule has 0 fully saturated rings. The van der Waals surface area contributed by atoms with Crippen molar-refractivity contribution in [3.8, 4) is 34.6 Å². The fourth-order valence-corrected chi connectivity index (χ4v) is 2.02. The van der Waals surface area contributed by atoms with Crippen molar-refractivity contribution in [2.24, 2.45) is 0 Å². The Morgan fingerprint density at radius 1 is 1.12 bits per heavy atom. The van der Waals surface area contributed by atoms with Gasteiger partial charge >= 0.3 is 6.16 Å². The van der Waals surface area contributed by atoms with Crippen LogP contribution in [0.5, 0.6) is 17.4 Å². The second kappa shape index (κ2) is 7.19. The molecule has 2 aromatic rings. The molecule has 1 heterocycles. The molecule has 0 atom stereocenters. The van der Waals surface area contributed by atoms with E-state index in [2.05, 4.69) is 9.72 Å². The van der Waals surface area contributed by atoms with Crippen molar-refractivity contribution in [1.29, 1.82) is 5.26 Å². The molecule has 0 radical (unpaired) electrons. The van der Waals surface area contributed by atoms with Crippen LogP contribution in [0.15, 0.2) is 29.1 Å². The Hall–Kier alpha value is -3.47. The van der Waals surface area contributed by atoms with Gasteiger partial charge in [0.25, 0.3) is 5.56 Å². The van der Waals surface area contributed by atoms with E-state index in [-0.39, 0.29) is 17.0 Å². The van der Waals surface area contributed by atoms with Gasteiger partial charge in [-0.2, -0.15) is 5.26 Å². The monoisotopic (exact) mass is 330 g/mol. The number of nitrogens with zero attached hydrogens (tertiary/aromatic N) is 1. The minimum atomic E-state index is -1.01. The van der Waals surface area contributed by atoms with E-state index in [1.165, 1.54) is 20.3 Å². The van der Waals surface area contributed by atoms with Gasteiger partial charge in [0.15, 0.2) is 0 Å². The minimum absolute atomic E-state index is 0.139. The summed E-state index contributed by atoms with van der Waals surface area (Å²) in [6, 6.07) is 8.02. The second-order valence-corrected chi connectivity index (χ2v) is 4.49. The zero-order valence-electron chi connectivity index (χ0n) is 13.2. The number of hydrogen-bond donors (Lipinski definition) is 1. The molecule has 1 aromatic carbocycles. The number of hydrogen-bond acceptors (Lipinski definition) is 7. The van der Waals surface area contributed by atoms with E-state index in [0.717, 1.165) is 7.11 Å². The van der Waals surface area contributed by atoms with Crippen molar-refractivity contribution < 1.29 is 23.7 Å². The molecule has 0 spiro atoms. The van der Waals surface area contributed by atoms with Gasteiger partial charge < -0.3 is 18.9 Å². The summed E-state index contributed by atoms with van der Waals surface area (Å²) in [5.41, 5.74) is -0.0475. The van der Waals surface area contributed by atoms with Gasteiger partial charge in [0, 0.05) is 17.2 Å². The number of aromatic nitrogens is 1. The lowest BCUT2D eigenvalue weighted by molar-refractivity contribution is 0.120. The van der Waals surface area contributed by atoms with Crippen LogP contribution in [0, 0.1) is 11.3 Å². The number of rotatable bonds is 4. The van der Waals surface area contributed by atoms with Gasteiger partial charge in [-0.1, -0.05) is 0 Å². The maximum absolute atomic E-state index is 11.8. The smallest absolute Gasteiger partial charge is 0.497 e. The van der Waals surface area contributed by atoms with Crippen LogP contribution in [-0.4, -0.2) is 32.5 Å². The number of nitriles is 1. The van der Waals surface area contributed by atoms with Crippen LogP contribution >= 0.6 is 0 Å². The van der Waals surface area contributed by atoms with Crippen molar-refractivity contribution in [3.05, 3.63) is 40.2 Å². The first kappa shape index (κ1) is 16.9. The third-order valence-corrected chi connectivity index (χ3v) is 3.18. The van der Waals surface area contributed by atoms with Crippen molar-refractivity contribution in [3.63, 3.8) is 0 Å². The fraction of sp³-hybridized carbons (Fsp3) is 0.188. The van der Waals surface area contributed by atoms with Gasteiger partial charge in [-0.15, -0.1) is 0 Å². The van der Waals surface area contributed by atoms with Crippen molar-refractivity contribution in [2.45, 2.75) is 0 Å². The summed E-state index contributed by atoms with van der Waals surface area (Å²) in [6.07, 6.45) is -1.01. The largest absolute Gasteiger partial charge is 0.514 e. The second-order valence-electron chi connectivity index (χ2n) is 4.49. The molecule has 8 heteroatoms. The van der Waals surface area contributed by atoms with E-state index in [0.29, 0.717) is 17.1 Å². The van der Waals surface area contributed by atoms with Crippen molar-refractivity contribution >= 4 is 6.16 Å². The van der Waals surface area contributed by atoms with E-state index >= 15 is 0 Å². The van der Waals surface area contributed by atoms with Crippen LogP contribution in [-0.2, 0) is 4.74 Å². The van der Waals surface area contributed by atoms with E-state index in [9.17, 15) is 9.59 Å². The van der Waals surface area contributed by atoms with Crippen LogP contribution in [0.1, 0.15) is 5.56 Å². The molecule has 0 saturated carbocycles. The highest BCUT2D eigenvalue weighted by Crippen LogP contribution is 2.37. The lowest BCUT2D eigenvalue weighted by Gasteiger charge is -2.13. The summed E-state index contributed by atoms with van der Waals surface area (Å²) < 4.78 is 19.8. The third-order valence-electron chi connectivity index (χ3n) is 3.18. The molecule has 1 aromatic heterocycles. The first-order valence-corrected chi connectivity index (χ1v) is 6.69. The summed E-state index contributed by atoms with van der Waals surface area (Å²) in [6.45, 7) is 0. The maximum Gasteiger partial charge on any atom is 0.514 e. The number of benzene rings is 1. The van der Waals surface area contributed by atoms with Crippen LogP contribution in [0.25, 0.3) is 11.1 Å². The number of aromatic amines is 1. The van der Waals surface area contributed by atoms with Crippen molar-refractivity contribution in [1.82, 2.24) is 4.98 Å². The quantitative estimate of drug-likeness (QED) is 0.854. The molecular weight excluding hydrogens is 316 g/mol. The molecule has 8 nitrogen and oxygen atoms in total. The molecule has 0 unspecified atom stereocenters. The van der Waals surface area contributed by atoms with Gasteiger partial charge in [-0.25, -0.2) is 4.79 Å². The number of carbonyl (C=O) groups is 1. The minimum Gasteiger partial charge on any atom is -0.497 e. The topological polar surface area (TPSA) is 111 Å². The van der Waals surface area contributed by atoms with Crippen LogP contribution < -0.4 is 19.8 Å². The van der Waals surface area contributed by atoms with Crippen molar-refractivity contribution in [2.75, 3.05) is 21.3 Å². The van der Waals surface area contributed by atoms with E-state index in [4.69, 9.17) is 19.5 Å². The average Bonchev–Trinajstić information content (AvgIpc) is 2.61. The average molecular weight is 330 g/mol. The molecular formula is C16H14N2O6. The van der Waals surface area contributed by atoms with Gasteiger partial charge in [0.05, 0.1) is 21.3 Å². The molecule has 0 amide bonds. The summed E-state index contributed by atoms with van der Waals surface area (Å²) in [7, 11) is 4.10. The van der Waals surface area contributed by atoms with Gasteiger partial charge in [0.2, 0.25) is 5.88 Å². The molecule has 1 N–H and O–H groups in total. The van der Waals surface area contributed by atoms with E-state index in [1.54, 1.807) is 24.3 Å². The zero-order valence-corrected chi connectivity index (χ0v) is 13.2. The Labute approximate surface area is 137 Å². The highest BCUT2D eigenvalue weighted by atomic mass is 16.7. The number of H-pyrrole nitrogens is 1. The summed E-state index contributed by atoms with van der Waals surface area (Å²) in [4.78, 5) is 25.6. The highest BCUT2D eigenvalue weighted by molar-refractivity contribution is 5.78. The molecule has 24 heavy (non-hydrogen) atoms. The summed E-state index contributed by atoms with van der Waals surface area (Å²) in [5.74, 6) is 0.797. The number of pyridine rings is 1. The lowest BCUT2D eigenvalue weighted by atomic mass is 10.0. The predicted molar refractivity (Wildman–Crippen MR) is 83.4 cm³/mol. The van der Waals surface area contributed by atoms with Gasteiger partial charge in [0.1, 0.15) is 23.1 Å². The Bertz CT molecular complexity index is 866. The first-order valence-electron chi connectivity index (χ1n) is 6.69. The highest BCUT2D eigenvalue weighted by Gasteiger charge is 2.18. The molecule has 0 aliphatic rings. The van der Waals surface area contributed by atoms with Crippen LogP contribution in [0.2, 0.25) is 0 Å². The van der Waals surface area contributed by atoms with Crippen LogP contribution in [0.3, 0.4) is 0 Å². The molecule has 0 saturated heterocycles. The van der Waals surface area contributed by atoms with Gasteiger partial charge in [-0.3, -0.25) is 9.78 Å².